The number of amides is 2. The molecule has 8 nitrogen and oxygen atoms in total. The first-order valence-corrected chi connectivity index (χ1v) is 8.87. The molecule has 0 bridgehead atoms. The molecule has 0 spiro atoms. The molecular weight excluding hydrogens is 336 g/mol. The Kier molecular flexibility index (Phi) is 5.72. The summed E-state index contributed by atoms with van der Waals surface area (Å²) >= 11 is 0. The van der Waals surface area contributed by atoms with Crippen molar-refractivity contribution in [3.63, 3.8) is 0 Å². The molecule has 140 valence electrons. The number of carbonyl (C=O) groups is 2. The van der Waals surface area contributed by atoms with E-state index < -0.39 is 6.09 Å². The number of nitrogens with one attached hydrogen (secondary N) is 2. The van der Waals surface area contributed by atoms with E-state index in [9.17, 15) is 9.59 Å². The number of carbonyl (C=O) groups excluding carboxylic acids is 2. The van der Waals surface area contributed by atoms with E-state index >= 15 is 0 Å². The number of benzene rings is 1. The van der Waals surface area contributed by atoms with Crippen molar-refractivity contribution >= 4 is 28.7 Å². The maximum Gasteiger partial charge on any atom is 0.411 e. The van der Waals surface area contributed by atoms with Crippen LogP contribution in [0.2, 0.25) is 0 Å². The van der Waals surface area contributed by atoms with Gasteiger partial charge in [0.05, 0.1) is 17.6 Å². The molecule has 1 aliphatic heterocycles. The molecule has 1 aliphatic rings. The number of ether oxygens (including phenoxy) is 2. The zero-order valence-electron chi connectivity index (χ0n) is 15.1. The minimum atomic E-state index is -0.486. The molecule has 1 saturated heterocycles. The van der Waals surface area contributed by atoms with Crippen molar-refractivity contribution in [1.82, 2.24) is 14.9 Å². The van der Waals surface area contributed by atoms with Crippen LogP contribution in [0.1, 0.15) is 25.6 Å². The Morgan fingerprint density at radius 2 is 2.27 bits per heavy atom. The van der Waals surface area contributed by atoms with E-state index in [0.717, 1.165) is 29.7 Å². The van der Waals surface area contributed by atoms with Crippen molar-refractivity contribution in [2.75, 3.05) is 25.1 Å². The van der Waals surface area contributed by atoms with Crippen LogP contribution in [0.4, 0.5) is 10.5 Å². The molecule has 3 rings (SSSR count). The second kappa shape index (κ2) is 8.18. The summed E-state index contributed by atoms with van der Waals surface area (Å²) < 4.78 is 12.2. The maximum absolute atomic E-state index is 12.0. The van der Waals surface area contributed by atoms with E-state index in [1.165, 1.54) is 0 Å². The van der Waals surface area contributed by atoms with E-state index in [4.69, 9.17) is 9.47 Å². The van der Waals surface area contributed by atoms with Crippen molar-refractivity contribution in [3.8, 4) is 0 Å². The number of anilines is 1. The fourth-order valence-corrected chi connectivity index (χ4v) is 3.03. The summed E-state index contributed by atoms with van der Waals surface area (Å²) in [4.78, 5) is 28.1. The van der Waals surface area contributed by atoms with Crippen molar-refractivity contribution < 1.29 is 19.1 Å². The lowest BCUT2D eigenvalue weighted by atomic mass is 10.2. The highest BCUT2D eigenvalue weighted by Gasteiger charge is 2.23. The van der Waals surface area contributed by atoms with Crippen LogP contribution in [0, 0.1) is 0 Å². The molecule has 26 heavy (non-hydrogen) atoms. The van der Waals surface area contributed by atoms with Gasteiger partial charge in [-0.1, -0.05) is 0 Å². The number of aryl methyl sites for hydroxylation is 1. The van der Waals surface area contributed by atoms with Crippen molar-refractivity contribution in [1.29, 1.82) is 0 Å². The predicted molar refractivity (Wildman–Crippen MR) is 97.0 cm³/mol. The smallest absolute Gasteiger partial charge is 0.411 e. The monoisotopic (exact) mass is 360 g/mol. The van der Waals surface area contributed by atoms with Crippen LogP contribution in [0.15, 0.2) is 18.2 Å². The summed E-state index contributed by atoms with van der Waals surface area (Å²) in [6.07, 6.45) is 1.54. The third kappa shape index (κ3) is 4.13. The van der Waals surface area contributed by atoms with Gasteiger partial charge in [-0.25, -0.2) is 9.78 Å². The highest BCUT2D eigenvalue weighted by Crippen LogP contribution is 2.20. The predicted octanol–water partition coefficient (Wildman–Crippen LogP) is 1.98. The summed E-state index contributed by atoms with van der Waals surface area (Å²) in [6, 6.07) is 5.52. The summed E-state index contributed by atoms with van der Waals surface area (Å²) in [5.74, 6) is 0.808. The topological polar surface area (TPSA) is 94.5 Å². The molecule has 1 atom stereocenters. The minimum Gasteiger partial charge on any atom is -0.450 e. The van der Waals surface area contributed by atoms with E-state index in [0.29, 0.717) is 31.9 Å². The SMILES string of the molecule is CCOC(=O)Nc1ccc2c(c1)nc(CCNC(=O)[C@@H]1CCCO1)n2C. The molecule has 1 aromatic carbocycles. The number of aromatic nitrogens is 2. The van der Waals surface area contributed by atoms with Gasteiger partial charge in [0.15, 0.2) is 0 Å². The Balaban J connectivity index is 1.62. The Morgan fingerprint density at radius 3 is 3.00 bits per heavy atom. The van der Waals surface area contributed by atoms with E-state index in [-0.39, 0.29) is 12.0 Å². The number of nitrogens with zero attached hydrogens (tertiary/aromatic N) is 2. The standard InChI is InChI=1S/C18H24N4O4/c1-3-25-18(24)20-12-6-7-14-13(11-12)21-16(22(14)2)8-9-19-17(23)15-5-4-10-26-15/h6-7,11,15H,3-5,8-10H2,1-2H3,(H,19,23)(H,20,24)/t15-/m0/s1. The Morgan fingerprint density at radius 1 is 1.42 bits per heavy atom. The highest BCUT2D eigenvalue weighted by molar-refractivity contribution is 5.89. The number of fused-ring (bicyclic) bond motifs is 1. The first-order chi connectivity index (χ1) is 12.6. The van der Waals surface area contributed by atoms with Crippen LogP contribution in [0.5, 0.6) is 0 Å². The van der Waals surface area contributed by atoms with Gasteiger partial charge in [0.2, 0.25) is 5.91 Å². The number of imidazole rings is 1. The largest absolute Gasteiger partial charge is 0.450 e. The molecule has 2 amide bonds. The second-order valence-corrected chi connectivity index (χ2v) is 6.18. The zero-order chi connectivity index (χ0) is 18.5. The van der Waals surface area contributed by atoms with E-state index in [1.807, 2.05) is 23.7 Å². The third-order valence-corrected chi connectivity index (χ3v) is 4.37. The van der Waals surface area contributed by atoms with E-state index in [1.54, 1.807) is 13.0 Å². The first kappa shape index (κ1) is 18.2. The van der Waals surface area contributed by atoms with Crippen LogP contribution in [-0.4, -0.2) is 47.4 Å². The number of hydrogen-bond acceptors (Lipinski definition) is 5. The van der Waals surface area contributed by atoms with Crippen molar-refractivity contribution in [3.05, 3.63) is 24.0 Å². The Bertz CT molecular complexity index is 796. The second-order valence-electron chi connectivity index (χ2n) is 6.18. The van der Waals surface area contributed by atoms with Gasteiger partial charge in [0.25, 0.3) is 0 Å². The highest BCUT2D eigenvalue weighted by atomic mass is 16.5. The van der Waals surface area contributed by atoms with Crippen molar-refractivity contribution in [2.24, 2.45) is 7.05 Å². The molecule has 0 saturated carbocycles. The summed E-state index contributed by atoms with van der Waals surface area (Å²) in [5, 5.41) is 5.58. The molecule has 2 aromatic rings. The van der Waals surface area contributed by atoms with Crippen LogP contribution < -0.4 is 10.6 Å². The quantitative estimate of drug-likeness (QED) is 0.821. The lowest BCUT2D eigenvalue weighted by Crippen LogP contribution is -2.35. The maximum atomic E-state index is 12.0. The summed E-state index contributed by atoms with van der Waals surface area (Å²) in [6.45, 7) is 3.24. The van der Waals surface area contributed by atoms with Gasteiger partial charge >= 0.3 is 6.09 Å². The number of hydrogen-bond donors (Lipinski definition) is 2. The molecule has 2 N–H and O–H groups in total. The lowest BCUT2D eigenvalue weighted by Gasteiger charge is -2.10. The number of rotatable bonds is 6. The van der Waals surface area contributed by atoms with Crippen LogP contribution in [0.25, 0.3) is 11.0 Å². The molecular formula is C18H24N4O4. The molecule has 1 fully saturated rings. The molecule has 0 aliphatic carbocycles. The lowest BCUT2D eigenvalue weighted by molar-refractivity contribution is -0.130. The van der Waals surface area contributed by atoms with Gasteiger partial charge in [0.1, 0.15) is 11.9 Å². The fraction of sp³-hybridized carbons (Fsp3) is 0.500. The third-order valence-electron chi connectivity index (χ3n) is 4.37. The van der Waals surface area contributed by atoms with Gasteiger partial charge in [-0.15, -0.1) is 0 Å². The fourth-order valence-electron chi connectivity index (χ4n) is 3.03. The van der Waals surface area contributed by atoms with E-state index in [2.05, 4.69) is 15.6 Å². The van der Waals surface area contributed by atoms with Crippen LogP contribution in [0.3, 0.4) is 0 Å². The molecule has 0 radical (unpaired) electrons. The minimum absolute atomic E-state index is 0.0535. The van der Waals surface area contributed by atoms with Gasteiger partial charge in [0, 0.05) is 32.3 Å². The summed E-state index contributed by atoms with van der Waals surface area (Å²) in [5.41, 5.74) is 2.37. The molecule has 2 heterocycles. The van der Waals surface area contributed by atoms with Crippen LogP contribution >= 0.6 is 0 Å². The normalized spacial score (nSPS) is 16.6. The molecule has 8 heteroatoms. The van der Waals surface area contributed by atoms with Crippen molar-refractivity contribution in [2.45, 2.75) is 32.3 Å². The molecule has 1 aromatic heterocycles. The van der Waals surface area contributed by atoms with Gasteiger partial charge in [-0.2, -0.15) is 0 Å². The average Bonchev–Trinajstić information content (AvgIpc) is 3.24. The van der Waals surface area contributed by atoms with Crippen LogP contribution in [-0.2, 0) is 27.7 Å². The zero-order valence-corrected chi connectivity index (χ0v) is 15.1. The van der Waals surface area contributed by atoms with Gasteiger partial charge < -0.3 is 19.4 Å². The molecule has 0 unspecified atom stereocenters. The Hall–Kier alpha value is -2.61. The summed E-state index contributed by atoms with van der Waals surface area (Å²) in [7, 11) is 1.94. The Labute approximate surface area is 151 Å². The first-order valence-electron chi connectivity index (χ1n) is 8.87. The van der Waals surface area contributed by atoms with Gasteiger partial charge in [-0.3, -0.25) is 10.1 Å². The average molecular weight is 360 g/mol. The van der Waals surface area contributed by atoms with Gasteiger partial charge in [-0.05, 0) is 38.0 Å².